The van der Waals surface area contributed by atoms with E-state index in [2.05, 4.69) is 12.2 Å². The maximum Gasteiger partial charge on any atom is 0.275 e. The molecule has 1 aliphatic rings. The predicted octanol–water partition coefficient (Wildman–Crippen LogP) is 0.456. The standard InChI is InChI=1S/C21H29FN4OS/c1-15-20(16-5-7-17(22)8-6-16)23-19(28-15)14-26-11-9-25(10-12-26)13-18(27)24-21(2,3)4/h5-8H,9-14H2,1-4H3,(H,24,27)/p+2. The highest BCUT2D eigenvalue weighted by Gasteiger charge is 2.27. The number of hydrogen-bond acceptors (Lipinski definition) is 3. The molecule has 0 bridgehead atoms. The van der Waals surface area contributed by atoms with Gasteiger partial charge in [0.25, 0.3) is 5.91 Å². The zero-order valence-electron chi connectivity index (χ0n) is 17.2. The molecular formula is C21H31FN4OS+2. The molecule has 2 heterocycles. The van der Waals surface area contributed by atoms with E-state index in [0.717, 1.165) is 49.0 Å². The van der Waals surface area contributed by atoms with E-state index in [9.17, 15) is 9.18 Å². The lowest BCUT2D eigenvalue weighted by atomic mass is 10.1. The summed E-state index contributed by atoms with van der Waals surface area (Å²) in [4.78, 5) is 21.0. The number of amides is 1. The molecule has 28 heavy (non-hydrogen) atoms. The van der Waals surface area contributed by atoms with Crippen molar-refractivity contribution < 1.29 is 19.0 Å². The van der Waals surface area contributed by atoms with Gasteiger partial charge in [-0.05, 0) is 52.0 Å². The first kappa shape index (κ1) is 20.9. The van der Waals surface area contributed by atoms with Gasteiger partial charge in [-0.1, -0.05) is 0 Å². The number of aromatic nitrogens is 1. The van der Waals surface area contributed by atoms with Crippen molar-refractivity contribution in [2.24, 2.45) is 0 Å². The topological polar surface area (TPSA) is 50.9 Å². The largest absolute Gasteiger partial charge is 0.347 e. The van der Waals surface area contributed by atoms with E-state index in [1.165, 1.54) is 26.8 Å². The average Bonchev–Trinajstić information content (AvgIpc) is 2.96. The smallest absolute Gasteiger partial charge is 0.275 e. The highest BCUT2D eigenvalue weighted by atomic mass is 32.1. The first-order valence-electron chi connectivity index (χ1n) is 9.90. The Kier molecular flexibility index (Phi) is 6.47. The fourth-order valence-electron chi connectivity index (χ4n) is 3.62. The number of nitrogens with zero attached hydrogens (tertiary/aromatic N) is 1. The van der Waals surface area contributed by atoms with E-state index in [4.69, 9.17) is 4.98 Å². The number of carbonyl (C=O) groups is 1. The third-order valence-corrected chi connectivity index (χ3v) is 5.92. The summed E-state index contributed by atoms with van der Waals surface area (Å²) in [5, 5.41) is 4.17. The second-order valence-electron chi connectivity index (χ2n) is 8.67. The molecule has 1 amide bonds. The molecule has 0 atom stereocenters. The Hall–Kier alpha value is -1.83. The molecule has 0 aliphatic carbocycles. The van der Waals surface area contributed by atoms with E-state index in [1.807, 2.05) is 20.8 Å². The van der Waals surface area contributed by atoms with E-state index in [-0.39, 0.29) is 17.3 Å². The van der Waals surface area contributed by atoms with Gasteiger partial charge in [-0.15, -0.1) is 11.3 Å². The molecule has 1 fully saturated rings. The summed E-state index contributed by atoms with van der Waals surface area (Å²) in [6.07, 6.45) is 0. The number of rotatable bonds is 5. The molecule has 7 heteroatoms. The van der Waals surface area contributed by atoms with Gasteiger partial charge in [-0.25, -0.2) is 9.37 Å². The van der Waals surface area contributed by atoms with E-state index in [1.54, 1.807) is 23.5 Å². The summed E-state index contributed by atoms with van der Waals surface area (Å²) in [6.45, 7) is 13.7. The molecule has 5 nitrogen and oxygen atoms in total. The second-order valence-corrected chi connectivity index (χ2v) is 9.96. The van der Waals surface area contributed by atoms with Crippen LogP contribution in [0, 0.1) is 12.7 Å². The minimum Gasteiger partial charge on any atom is -0.347 e. The molecule has 0 radical (unpaired) electrons. The lowest BCUT2D eigenvalue weighted by molar-refractivity contribution is -1.02. The van der Waals surface area contributed by atoms with Crippen molar-refractivity contribution in [3.8, 4) is 11.3 Å². The van der Waals surface area contributed by atoms with Crippen molar-refractivity contribution in [3.05, 3.63) is 40.0 Å². The Morgan fingerprint density at radius 1 is 1.14 bits per heavy atom. The first-order valence-corrected chi connectivity index (χ1v) is 10.7. The predicted molar refractivity (Wildman–Crippen MR) is 110 cm³/mol. The first-order chi connectivity index (χ1) is 13.2. The molecule has 1 aromatic heterocycles. The molecule has 3 N–H and O–H groups in total. The van der Waals surface area contributed by atoms with Crippen molar-refractivity contribution in [3.63, 3.8) is 0 Å². The number of nitrogens with one attached hydrogen (secondary N) is 3. The number of benzene rings is 1. The van der Waals surface area contributed by atoms with Crippen LogP contribution in [0.2, 0.25) is 0 Å². The van der Waals surface area contributed by atoms with Crippen LogP contribution in [0.1, 0.15) is 30.7 Å². The van der Waals surface area contributed by atoms with Gasteiger partial charge in [0.15, 0.2) is 6.54 Å². The maximum absolute atomic E-state index is 13.2. The van der Waals surface area contributed by atoms with Crippen LogP contribution in [0.4, 0.5) is 4.39 Å². The van der Waals surface area contributed by atoms with E-state index in [0.29, 0.717) is 6.54 Å². The van der Waals surface area contributed by atoms with E-state index >= 15 is 0 Å². The third-order valence-electron chi connectivity index (χ3n) is 4.95. The Labute approximate surface area is 170 Å². The Bertz CT molecular complexity index is 805. The van der Waals surface area contributed by atoms with Gasteiger partial charge >= 0.3 is 0 Å². The molecular weight excluding hydrogens is 375 g/mol. The van der Waals surface area contributed by atoms with Gasteiger partial charge in [0, 0.05) is 16.0 Å². The quantitative estimate of drug-likeness (QED) is 0.676. The van der Waals surface area contributed by atoms with Gasteiger partial charge in [0.1, 0.15) is 43.5 Å². The molecule has 0 saturated carbocycles. The van der Waals surface area contributed by atoms with Crippen LogP contribution < -0.4 is 15.1 Å². The minimum atomic E-state index is -0.224. The summed E-state index contributed by atoms with van der Waals surface area (Å²) in [5.41, 5.74) is 1.76. The lowest BCUT2D eigenvalue weighted by Gasteiger charge is -2.29. The summed E-state index contributed by atoms with van der Waals surface area (Å²) < 4.78 is 13.2. The summed E-state index contributed by atoms with van der Waals surface area (Å²) in [7, 11) is 0. The van der Waals surface area contributed by atoms with Gasteiger partial charge in [-0.3, -0.25) is 4.79 Å². The monoisotopic (exact) mass is 406 g/mol. The van der Waals surface area contributed by atoms with Gasteiger partial charge in [0.05, 0.1) is 5.69 Å². The number of thiazole rings is 1. The second kappa shape index (κ2) is 8.68. The van der Waals surface area contributed by atoms with Gasteiger partial charge in [0.2, 0.25) is 0 Å². The molecule has 1 aromatic carbocycles. The van der Waals surface area contributed by atoms with Crippen LogP contribution in [-0.2, 0) is 11.3 Å². The van der Waals surface area contributed by atoms with Gasteiger partial charge < -0.3 is 15.1 Å². The number of piperazine rings is 1. The zero-order chi connectivity index (χ0) is 20.3. The lowest BCUT2D eigenvalue weighted by Crippen LogP contribution is -3.28. The van der Waals surface area contributed by atoms with Crippen LogP contribution in [-0.4, -0.2) is 49.2 Å². The maximum atomic E-state index is 13.2. The average molecular weight is 407 g/mol. The number of quaternary nitrogens is 2. The molecule has 3 rings (SSSR count). The van der Waals surface area contributed by atoms with Crippen molar-refractivity contribution >= 4 is 17.2 Å². The molecule has 0 unspecified atom stereocenters. The van der Waals surface area contributed by atoms with Crippen molar-refractivity contribution in [1.82, 2.24) is 10.3 Å². The molecule has 0 spiro atoms. The van der Waals surface area contributed by atoms with Crippen LogP contribution in [0.25, 0.3) is 11.3 Å². The number of carbonyl (C=O) groups excluding carboxylic acids is 1. The van der Waals surface area contributed by atoms with Crippen molar-refractivity contribution in [2.75, 3.05) is 32.7 Å². The molecule has 2 aromatic rings. The van der Waals surface area contributed by atoms with Gasteiger partial charge in [-0.2, -0.15) is 0 Å². The van der Waals surface area contributed by atoms with E-state index < -0.39 is 0 Å². The molecule has 152 valence electrons. The van der Waals surface area contributed by atoms with Crippen LogP contribution in [0.3, 0.4) is 0 Å². The molecule has 1 aliphatic heterocycles. The Balaban J connectivity index is 1.52. The summed E-state index contributed by atoms with van der Waals surface area (Å²) >= 11 is 1.73. The highest BCUT2D eigenvalue weighted by Crippen LogP contribution is 2.27. The highest BCUT2D eigenvalue weighted by molar-refractivity contribution is 7.12. The SMILES string of the molecule is Cc1sc(C[NH+]2CC[NH+](CC(=O)NC(C)(C)C)CC2)nc1-c1ccc(F)cc1. The minimum absolute atomic E-state index is 0.130. The number of halogens is 1. The van der Waals surface area contributed by atoms with Crippen molar-refractivity contribution in [2.45, 2.75) is 39.8 Å². The van der Waals surface area contributed by atoms with Crippen molar-refractivity contribution in [1.29, 1.82) is 0 Å². The number of aryl methyl sites for hydroxylation is 1. The summed E-state index contributed by atoms with van der Waals surface area (Å²) in [5.74, 6) is -0.0942. The zero-order valence-corrected chi connectivity index (χ0v) is 18.0. The summed E-state index contributed by atoms with van der Waals surface area (Å²) in [6, 6.07) is 6.55. The van der Waals surface area contributed by atoms with Crippen LogP contribution in [0.5, 0.6) is 0 Å². The fraction of sp³-hybridized carbons (Fsp3) is 0.524. The number of hydrogen-bond donors (Lipinski definition) is 3. The Morgan fingerprint density at radius 3 is 2.36 bits per heavy atom. The molecule has 1 saturated heterocycles. The van der Waals surface area contributed by atoms with Crippen LogP contribution in [0.15, 0.2) is 24.3 Å². The third kappa shape index (κ3) is 5.83. The normalized spacial score (nSPS) is 20.2. The fourth-order valence-corrected chi connectivity index (χ4v) is 4.64. The Morgan fingerprint density at radius 2 is 1.75 bits per heavy atom. The van der Waals surface area contributed by atoms with Crippen LogP contribution >= 0.6 is 11.3 Å².